The van der Waals surface area contributed by atoms with Crippen molar-refractivity contribution in [1.82, 2.24) is 15.7 Å². The fourth-order valence-electron chi connectivity index (χ4n) is 2.21. The molecule has 1 aliphatic heterocycles. The Hall–Kier alpha value is -2.41. The molecule has 2 rings (SSSR count). The monoisotopic (exact) mass is 291 g/mol. The van der Waals surface area contributed by atoms with E-state index in [1.54, 1.807) is 19.1 Å². The smallest absolute Gasteiger partial charge is 0.319 e. The minimum atomic E-state index is -1.17. The molecule has 1 fully saturated rings. The highest BCUT2D eigenvalue weighted by atomic mass is 16.6. The molecule has 1 saturated heterocycles. The first-order chi connectivity index (χ1) is 9.88. The van der Waals surface area contributed by atoms with Gasteiger partial charge < -0.3 is 5.32 Å². The second-order valence-electron chi connectivity index (χ2n) is 5.04. The molecule has 7 heteroatoms. The van der Waals surface area contributed by atoms with E-state index < -0.39 is 23.4 Å². The molecule has 0 aromatic heterocycles. The van der Waals surface area contributed by atoms with Gasteiger partial charge in [0.1, 0.15) is 12.1 Å². The highest BCUT2D eigenvalue weighted by Crippen LogP contribution is 2.28. The van der Waals surface area contributed by atoms with E-state index in [0.717, 1.165) is 10.5 Å². The first-order valence-electron chi connectivity index (χ1n) is 6.41. The van der Waals surface area contributed by atoms with Crippen molar-refractivity contribution in [1.29, 1.82) is 0 Å². The second kappa shape index (κ2) is 5.53. The Morgan fingerprint density at radius 2 is 1.95 bits per heavy atom. The van der Waals surface area contributed by atoms with Crippen molar-refractivity contribution >= 4 is 17.8 Å². The topological polar surface area (TPSA) is 87.7 Å². The van der Waals surface area contributed by atoms with Crippen LogP contribution >= 0.6 is 0 Å². The van der Waals surface area contributed by atoms with E-state index in [-0.39, 0.29) is 6.54 Å². The zero-order valence-electron chi connectivity index (χ0n) is 12.1. The van der Waals surface area contributed by atoms with Gasteiger partial charge in [0.05, 0.1) is 7.11 Å². The maximum Gasteiger partial charge on any atom is 0.325 e. The number of hydrogen-bond donors (Lipinski definition) is 2. The third-order valence-electron chi connectivity index (χ3n) is 3.42. The van der Waals surface area contributed by atoms with Crippen LogP contribution in [0.4, 0.5) is 4.79 Å². The first kappa shape index (κ1) is 15.0. The van der Waals surface area contributed by atoms with Crippen LogP contribution in [0.25, 0.3) is 0 Å². The van der Waals surface area contributed by atoms with Crippen molar-refractivity contribution in [3.8, 4) is 0 Å². The van der Waals surface area contributed by atoms with Gasteiger partial charge in [0.15, 0.2) is 0 Å². The first-order valence-corrected chi connectivity index (χ1v) is 6.41. The molecule has 7 nitrogen and oxygen atoms in total. The summed E-state index contributed by atoms with van der Waals surface area (Å²) < 4.78 is 0. The van der Waals surface area contributed by atoms with Crippen LogP contribution < -0.4 is 10.8 Å². The van der Waals surface area contributed by atoms with Gasteiger partial charge in [0.25, 0.3) is 11.8 Å². The number of imide groups is 1. The minimum Gasteiger partial charge on any atom is -0.319 e. The molecule has 0 bridgehead atoms. The molecule has 0 unspecified atom stereocenters. The van der Waals surface area contributed by atoms with E-state index >= 15 is 0 Å². The average Bonchev–Trinajstić information content (AvgIpc) is 2.64. The van der Waals surface area contributed by atoms with Gasteiger partial charge in [-0.2, -0.15) is 0 Å². The summed E-state index contributed by atoms with van der Waals surface area (Å²) in [6, 6.07) is 6.69. The van der Waals surface area contributed by atoms with Crippen LogP contribution in [0.3, 0.4) is 0 Å². The third-order valence-corrected chi connectivity index (χ3v) is 3.42. The predicted octanol–water partition coefficient (Wildman–Crippen LogP) is 0.440. The summed E-state index contributed by atoms with van der Waals surface area (Å²) in [5.41, 5.74) is 2.63. The molecule has 1 atom stereocenters. The van der Waals surface area contributed by atoms with Crippen molar-refractivity contribution in [2.45, 2.75) is 19.4 Å². The van der Waals surface area contributed by atoms with Gasteiger partial charge in [-0.15, -0.1) is 0 Å². The van der Waals surface area contributed by atoms with Crippen molar-refractivity contribution in [2.75, 3.05) is 13.7 Å². The number of benzene rings is 1. The van der Waals surface area contributed by atoms with E-state index in [2.05, 4.69) is 15.6 Å². The number of hydroxylamine groups is 1. The lowest BCUT2D eigenvalue weighted by Crippen LogP contribution is -2.43. The van der Waals surface area contributed by atoms with Crippen LogP contribution in [0.5, 0.6) is 0 Å². The standard InChI is InChI=1S/C14H17N3O4/c1-9-4-6-10(7-5-9)14(2)12(19)17(13(20)15-14)8-11(18)16-21-3/h4-7H,8H2,1-3H3,(H,15,20)(H,16,18)/t14-/m0/s1. The van der Waals surface area contributed by atoms with Gasteiger partial charge in [0.2, 0.25) is 0 Å². The number of carbonyl (C=O) groups is 3. The summed E-state index contributed by atoms with van der Waals surface area (Å²) in [6.45, 7) is 3.16. The Morgan fingerprint density at radius 3 is 2.52 bits per heavy atom. The number of rotatable bonds is 4. The number of hydrogen-bond acceptors (Lipinski definition) is 4. The fourth-order valence-corrected chi connectivity index (χ4v) is 2.21. The maximum atomic E-state index is 12.5. The van der Waals surface area contributed by atoms with Crippen LogP contribution in [0.15, 0.2) is 24.3 Å². The highest BCUT2D eigenvalue weighted by Gasteiger charge is 2.49. The summed E-state index contributed by atoms with van der Waals surface area (Å²) >= 11 is 0. The van der Waals surface area contributed by atoms with Gasteiger partial charge in [0, 0.05) is 0 Å². The van der Waals surface area contributed by atoms with E-state index in [9.17, 15) is 14.4 Å². The molecule has 0 saturated carbocycles. The van der Waals surface area contributed by atoms with Gasteiger partial charge >= 0.3 is 6.03 Å². The molecular formula is C14H17N3O4. The number of carbonyl (C=O) groups excluding carboxylic acids is 3. The molecule has 1 aromatic rings. The zero-order valence-corrected chi connectivity index (χ0v) is 12.1. The van der Waals surface area contributed by atoms with Crippen molar-refractivity contribution in [3.05, 3.63) is 35.4 Å². The summed E-state index contributed by atoms with van der Waals surface area (Å²) in [5.74, 6) is -1.04. The predicted molar refractivity (Wildman–Crippen MR) is 73.9 cm³/mol. The lowest BCUT2D eigenvalue weighted by atomic mass is 9.91. The van der Waals surface area contributed by atoms with Crippen LogP contribution in [0, 0.1) is 6.92 Å². The number of urea groups is 1. The Labute approximate surface area is 122 Å². The Kier molecular flexibility index (Phi) is 3.95. The van der Waals surface area contributed by atoms with Crippen LogP contribution in [-0.2, 0) is 20.0 Å². The van der Waals surface area contributed by atoms with Gasteiger partial charge in [-0.3, -0.25) is 19.3 Å². The fraction of sp³-hybridized carbons (Fsp3) is 0.357. The second-order valence-corrected chi connectivity index (χ2v) is 5.04. The van der Waals surface area contributed by atoms with Gasteiger partial charge in [-0.25, -0.2) is 10.3 Å². The normalized spacial score (nSPS) is 21.4. The quantitative estimate of drug-likeness (QED) is 0.622. The summed E-state index contributed by atoms with van der Waals surface area (Å²) in [6.07, 6.45) is 0. The summed E-state index contributed by atoms with van der Waals surface area (Å²) in [5, 5.41) is 2.63. The minimum absolute atomic E-state index is 0.389. The van der Waals surface area contributed by atoms with Gasteiger partial charge in [-0.1, -0.05) is 29.8 Å². The summed E-state index contributed by atoms with van der Waals surface area (Å²) in [4.78, 5) is 41.2. The number of aryl methyl sites for hydroxylation is 1. The zero-order chi connectivity index (χ0) is 15.6. The molecule has 0 radical (unpaired) electrons. The number of nitrogens with zero attached hydrogens (tertiary/aromatic N) is 1. The molecule has 21 heavy (non-hydrogen) atoms. The Morgan fingerprint density at radius 1 is 1.33 bits per heavy atom. The van der Waals surface area contributed by atoms with E-state index in [1.165, 1.54) is 7.11 Å². The molecule has 1 aliphatic rings. The summed E-state index contributed by atoms with van der Waals surface area (Å²) in [7, 11) is 1.28. The molecule has 4 amide bonds. The third kappa shape index (κ3) is 2.73. The lowest BCUT2D eigenvalue weighted by molar-refractivity contribution is -0.138. The maximum absolute atomic E-state index is 12.5. The van der Waals surface area contributed by atoms with Crippen molar-refractivity contribution in [3.63, 3.8) is 0 Å². The number of nitrogens with one attached hydrogen (secondary N) is 2. The van der Waals surface area contributed by atoms with E-state index in [1.807, 2.05) is 19.1 Å². The lowest BCUT2D eigenvalue weighted by Gasteiger charge is -2.22. The Bertz CT molecular complexity index is 584. The largest absolute Gasteiger partial charge is 0.325 e. The van der Waals surface area contributed by atoms with Crippen LogP contribution in [0.1, 0.15) is 18.1 Å². The van der Waals surface area contributed by atoms with Crippen LogP contribution in [-0.4, -0.2) is 36.4 Å². The molecule has 1 heterocycles. The molecule has 2 N–H and O–H groups in total. The molecule has 112 valence electrons. The molecule has 0 aliphatic carbocycles. The van der Waals surface area contributed by atoms with Crippen molar-refractivity contribution < 1.29 is 19.2 Å². The van der Waals surface area contributed by atoms with Crippen molar-refractivity contribution in [2.24, 2.45) is 0 Å². The molecular weight excluding hydrogens is 274 g/mol. The van der Waals surface area contributed by atoms with Crippen LogP contribution in [0.2, 0.25) is 0 Å². The molecule has 0 spiro atoms. The highest BCUT2D eigenvalue weighted by molar-refractivity contribution is 6.09. The SMILES string of the molecule is CONC(=O)CN1C(=O)N[C@@](C)(c2ccc(C)cc2)C1=O. The van der Waals surface area contributed by atoms with E-state index in [0.29, 0.717) is 5.56 Å². The Balaban J connectivity index is 2.24. The van der Waals surface area contributed by atoms with Gasteiger partial charge in [-0.05, 0) is 19.4 Å². The average molecular weight is 291 g/mol. The molecule has 1 aromatic carbocycles. The number of amides is 4. The van der Waals surface area contributed by atoms with E-state index in [4.69, 9.17) is 0 Å².